The lowest BCUT2D eigenvalue weighted by Crippen LogP contribution is -2.33. The van der Waals surface area contributed by atoms with Gasteiger partial charge in [0, 0.05) is 11.3 Å². The molecule has 0 radical (unpaired) electrons. The molecule has 0 amide bonds. The van der Waals surface area contributed by atoms with Crippen molar-refractivity contribution >= 4 is 10.9 Å². The molecule has 0 atom stereocenters. The van der Waals surface area contributed by atoms with Crippen LogP contribution in [0.2, 0.25) is 0 Å². The molecule has 1 nitrogen and oxygen atoms in total. The highest BCUT2D eigenvalue weighted by Crippen LogP contribution is 2.54. The van der Waals surface area contributed by atoms with Crippen molar-refractivity contribution in [2.45, 2.75) is 31.4 Å². The van der Waals surface area contributed by atoms with Gasteiger partial charge < -0.3 is 4.90 Å². The second kappa shape index (κ2) is 4.01. The molecule has 0 aromatic rings. The van der Waals surface area contributed by atoms with E-state index >= 15 is 0 Å². The van der Waals surface area contributed by atoms with Crippen LogP contribution in [0.1, 0.15) is 26.7 Å². The summed E-state index contributed by atoms with van der Waals surface area (Å²) in [5, 5.41) is 0. The second-order valence-electron chi connectivity index (χ2n) is 4.08. The van der Waals surface area contributed by atoms with Crippen LogP contribution < -0.4 is 0 Å². The first-order valence-electron chi connectivity index (χ1n) is 5.04. The van der Waals surface area contributed by atoms with Crippen LogP contribution in [0, 0.1) is 0 Å². The van der Waals surface area contributed by atoms with E-state index in [1.165, 1.54) is 32.5 Å². The van der Waals surface area contributed by atoms with Crippen LogP contribution in [0.5, 0.6) is 0 Å². The highest BCUT2D eigenvalue weighted by molar-refractivity contribution is 8.17. The fourth-order valence-corrected chi connectivity index (χ4v) is 3.24. The Morgan fingerprint density at radius 2 is 1.67 bits per heavy atom. The van der Waals surface area contributed by atoms with Crippen LogP contribution in [-0.2, 0) is 0 Å². The minimum absolute atomic E-state index is 0.282. The Morgan fingerprint density at radius 1 is 1.17 bits per heavy atom. The Labute approximate surface area is 79.9 Å². The van der Waals surface area contributed by atoms with Gasteiger partial charge in [0.25, 0.3) is 0 Å². The molecule has 1 aliphatic rings. The predicted molar refractivity (Wildman–Crippen MR) is 60.6 cm³/mol. The van der Waals surface area contributed by atoms with Crippen LogP contribution in [0.4, 0.5) is 0 Å². The molecule has 12 heavy (non-hydrogen) atoms. The number of thiol groups is 1. The second-order valence-corrected chi connectivity index (χ2v) is 6.82. The van der Waals surface area contributed by atoms with Crippen molar-refractivity contribution < 1.29 is 0 Å². The summed E-state index contributed by atoms with van der Waals surface area (Å²) < 4.78 is 0.765. The van der Waals surface area contributed by atoms with Gasteiger partial charge in [-0.25, -0.2) is 0 Å². The summed E-state index contributed by atoms with van der Waals surface area (Å²) in [6, 6.07) is 0. The van der Waals surface area contributed by atoms with Crippen molar-refractivity contribution in [2.24, 2.45) is 0 Å². The highest BCUT2D eigenvalue weighted by Gasteiger charge is 2.44. The molecular formula is C10H23NS. The number of rotatable bonds is 5. The van der Waals surface area contributed by atoms with Crippen LogP contribution in [0.3, 0.4) is 0 Å². The SMILES string of the molecule is CCN(CC)CC1([SH](C)C)CC1. The van der Waals surface area contributed by atoms with Gasteiger partial charge in [0.2, 0.25) is 0 Å². The highest BCUT2D eigenvalue weighted by atomic mass is 32.2. The number of hydrogen-bond donors (Lipinski definition) is 1. The molecule has 2 heteroatoms. The molecule has 1 saturated carbocycles. The Bertz CT molecular complexity index is 137. The summed E-state index contributed by atoms with van der Waals surface area (Å²) in [6.07, 6.45) is 7.85. The molecule has 0 aliphatic heterocycles. The maximum Gasteiger partial charge on any atom is 0.0112 e. The van der Waals surface area contributed by atoms with Gasteiger partial charge in [0.15, 0.2) is 0 Å². The average Bonchev–Trinajstić information content (AvgIpc) is 2.81. The first-order chi connectivity index (χ1) is 5.64. The number of nitrogens with zero attached hydrogens (tertiary/aromatic N) is 1. The van der Waals surface area contributed by atoms with E-state index in [1.54, 1.807) is 0 Å². The smallest absolute Gasteiger partial charge is 0.0112 e. The van der Waals surface area contributed by atoms with Crippen molar-refractivity contribution in [1.82, 2.24) is 4.90 Å². The molecule has 1 aliphatic carbocycles. The van der Waals surface area contributed by atoms with E-state index in [2.05, 4.69) is 31.3 Å². The zero-order valence-electron chi connectivity index (χ0n) is 8.93. The Kier molecular flexibility index (Phi) is 3.47. The maximum absolute atomic E-state index is 2.58. The molecule has 0 spiro atoms. The summed E-state index contributed by atoms with van der Waals surface area (Å²) >= 11 is 0. The van der Waals surface area contributed by atoms with Crippen LogP contribution in [0.15, 0.2) is 0 Å². The average molecular weight is 189 g/mol. The van der Waals surface area contributed by atoms with Gasteiger partial charge in [-0.1, -0.05) is 13.8 Å². The first kappa shape index (κ1) is 10.4. The monoisotopic (exact) mass is 189 g/mol. The van der Waals surface area contributed by atoms with Crippen LogP contribution in [0.25, 0.3) is 0 Å². The molecule has 0 saturated heterocycles. The number of hydrogen-bond acceptors (Lipinski definition) is 1. The fraction of sp³-hybridized carbons (Fsp3) is 1.00. The molecule has 0 aromatic carbocycles. The first-order valence-corrected chi connectivity index (χ1v) is 7.28. The van der Waals surface area contributed by atoms with Gasteiger partial charge in [0.1, 0.15) is 0 Å². The summed E-state index contributed by atoms with van der Waals surface area (Å²) in [4.78, 5) is 2.58. The van der Waals surface area contributed by atoms with Crippen molar-refractivity contribution in [3.63, 3.8) is 0 Å². The minimum Gasteiger partial charge on any atom is -0.303 e. The van der Waals surface area contributed by atoms with Gasteiger partial charge in [-0.15, -0.1) is 0 Å². The van der Waals surface area contributed by atoms with E-state index < -0.39 is 0 Å². The van der Waals surface area contributed by atoms with Crippen molar-refractivity contribution in [3.05, 3.63) is 0 Å². The van der Waals surface area contributed by atoms with E-state index in [1.807, 2.05) is 0 Å². The molecule has 0 aromatic heterocycles. The van der Waals surface area contributed by atoms with Crippen molar-refractivity contribution in [2.75, 3.05) is 32.1 Å². The largest absolute Gasteiger partial charge is 0.303 e. The Balaban J connectivity index is 2.38. The van der Waals surface area contributed by atoms with E-state index in [4.69, 9.17) is 0 Å². The molecule has 0 N–H and O–H groups in total. The van der Waals surface area contributed by atoms with E-state index in [0.29, 0.717) is 0 Å². The van der Waals surface area contributed by atoms with Crippen molar-refractivity contribution in [3.8, 4) is 0 Å². The molecular weight excluding hydrogens is 166 g/mol. The lowest BCUT2D eigenvalue weighted by Gasteiger charge is -2.29. The standard InChI is InChI=1S/C10H23NS/c1-5-11(6-2)9-10(7-8-10)12(3)4/h12H,5-9H2,1-4H3. The van der Waals surface area contributed by atoms with Gasteiger partial charge in [-0.3, -0.25) is 10.9 Å². The quantitative estimate of drug-likeness (QED) is 0.648. The van der Waals surface area contributed by atoms with E-state index in [0.717, 1.165) is 4.75 Å². The summed E-state index contributed by atoms with van der Waals surface area (Å²) in [5.74, 6) is 0. The van der Waals surface area contributed by atoms with Crippen molar-refractivity contribution in [1.29, 1.82) is 0 Å². The molecule has 0 unspecified atom stereocenters. The molecule has 0 bridgehead atoms. The summed E-state index contributed by atoms with van der Waals surface area (Å²) in [6.45, 7) is 8.35. The summed E-state index contributed by atoms with van der Waals surface area (Å²) in [5.41, 5.74) is 0. The zero-order valence-corrected chi connectivity index (χ0v) is 9.82. The lowest BCUT2D eigenvalue weighted by molar-refractivity contribution is 0.300. The third-order valence-electron chi connectivity index (χ3n) is 3.19. The summed E-state index contributed by atoms with van der Waals surface area (Å²) in [7, 11) is 0.282. The normalized spacial score (nSPS) is 21.2. The fourth-order valence-electron chi connectivity index (χ4n) is 1.75. The van der Waals surface area contributed by atoms with Gasteiger partial charge in [-0.2, -0.15) is 0 Å². The zero-order chi connectivity index (χ0) is 9.19. The Hall–Kier alpha value is 0.310. The molecule has 1 fully saturated rings. The Morgan fingerprint density at radius 3 is 1.92 bits per heavy atom. The molecule has 74 valence electrons. The predicted octanol–water partition coefficient (Wildman–Crippen LogP) is 2.12. The van der Waals surface area contributed by atoms with Crippen LogP contribution >= 0.6 is 10.9 Å². The van der Waals surface area contributed by atoms with Gasteiger partial charge in [-0.05, 0) is 38.4 Å². The van der Waals surface area contributed by atoms with Crippen LogP contribution in [-0.4, -0.2) is 41.8 Å². The van der Waals surface area contributed by atoms with Gasteiger partial charge in [0.05, 0.1) is 0 Å². The topological polar surface area (TPSA) is 3.24 Å². The van der Waals surface area contributed by atoms with E-state index in [-0.39, 0.29) is 10.9 Å². The molecule has 1 rings (SSSR count). The van der Waals surface area contributed by atoms with Gasteiger partial charge >= 0.3 is 0 Å². The van der Waals surface area contributed by atoms with E-state index in [9.17, 15) is 0 Å². The minimum atomic E-state index is 0.282. The third kappa shape index (κ3) is 2.17. The molecule has 0 heterocycles. The third-order valence-corrected chi connectivity index (χ3v) is 5.67. The lowest BCUT2D eigenvalue weighted by atomic mass is 10.3. The maximum atomic E-state index is 2.58.